The molecule has 1 aliphatic carbocycles. The minimum Gasteiger partial charge on any atom is -0.314 e. The maximum atomic E-state index is 6.21. The predicted molar refractivity (Wildman–Crippen MR) is 88.3 cm³/mol. The first-order valence-electron chi connectivity index (χ1n) is 7.53. The zero-order valence-corrected chi connectivity index (χ0v) is 14.3. The van der Waals surface area contributed by atoms with Gasteiger partial charge in [0.1, 0.15) is 0 Å². The quantitative estimate of drug-likeness (QED) is 0.867. The van der Waals surface area contributed by atoms with Crippen LogP contribution < -0.4 is 5.32 Å². The zero-order valence-electron chi connectivity index (χ0n) is 11.9. The molecule has 2 nitrogen and oxygen atoms in total. The van der Waals surface area contributed by atoms with Crippen LogP contribution in [0.2, 0.25) is 5.02 Å². The third kappa shape index (κ3) is 3.38. The van der Waals surface area contributed by atoms with Crippen LogP contribution >= 0.6 is 27.5 Å². The SMILES string of the molecule is CN1CCCC(CNC2CC2)C1c1cc(Cl)ccc1Br. The van der Waals surface area contributed by atoms with Crippen LogP contribution in [-0.2, 0) is 0 Å². The molecule has 3 rings (SSSR count). The molecule has 0 spiro atoms. The van der Waals surface area contributed by atoms with Crippen molar-refractivity contribution in [3.8, 4) is 0 Å². The lowest BCUT2D eigenvalue weighted by Gasteiger charge is -2.40. The Labute approximate surface area is 135 Å². The highest BCUT2D eigenvalue weighted by Gasteiger charge is 2.33. The molecule has 1 aromatic rings. The molecule has 0 aromatic heterocycles. The number of hydrogen-bond donors (Lipinski definition) is 1. The van der Waals surface area contributed by atoms with Crippen molar-refractivity contribution in [1.82, 2.24) is 10.2 Å². The van der Waals surface area contributed by atoms with Gasteiger partial charge < -0.3 is 5.32 Å². The van der Waals surface area contributed by atoms with Crippen molar-refractivity contribution in [2.75, 3.05) is 20.1 Å². The van der Waals surface area contributed by atoms with Gasteiger partial charge in [-0.3, -0.25) is 4.90 Å². The molecule has 0 amide bonds. The molecule has 0 bridgehead atoms. The molecular weight excluding hydrogens is 336 g/mol. The first-order valence-corrected chi connectivity index (χ1v) is 8.71. The normalized spacial score (nSPS) is 27.8. The lowest BCUT2D eigenvalue weighted by molar-refractivity contribution is 0.119. The van der Waals surface area contributed by atoms with E-state index in [1.165, 1.54) is 42.3 Å². The number of likely N-dealkylation sites (tertiary alicyclic amines) is 1. The summed E-state index contributed by atoms with van der Waals surface area (Å²) in [6.07, 6.45) is 5.30. The van der Waals surface area contributed by atoms with E-state index in [2.05, 4.69) is 45.3 Å². The number of rotatable bonds is 4. The standard InChI is InChI=1S/C16H22BrClN2/c1-20-8-2-3-11(10-19-13-5-6-13)16(20)14-9-12(18)4-7-15(14)17/h4,7,9,11,13,16,19H,2-3,5-6,8,10H2,1H3. The number of piperidine rings is 1. The van der Waals surface area contributed by atoms with Gasteiger partial charge in [-0.25, -0.2) is 0 Å². The van der Waals surface area contributed by atoms with E-state index < -0.39 is 0 Å². The lowest BCUT2D eigenvalue weighted by atomic mass is 9.85. The summed E-state index contributed by atoms with van der Waals surface area (Å²) in [7, 11) is 2.24. The second-order valence-electron chi connectivity index (χ2n) is 6.18. The number of hydrogen-bond acceptors (Lipinski definition) is 2. The molecule has 2 fully saturated rings. The van der Waals surface area contributed by atoms with E-state index in [0.717, 1.165) is 17.6 Å². The molecule has 1 saturated heterocycles. The molecule has 1 aliphatic heterocycles. The van der Waals surface area contributed by atoms with Crippen LogP contribution in [0.5, 0.6) is 0 Å². The number of halogens is 2. The van der Waals surface area contributed by atoms with E-state index in [1.807, 2.05) is 6.07 Å². The van der Waals surface area contributed by atoms with E-state index in [4.69, 9.17) is 11.6 Å². The average Bonchev–Trinajstić information content (AvgIpc) is 3.24. The van der Waals surface area contributed by atoms with Gasteiger partial charge in [0.25, 0.3) is 0 Å². The second-order valence-corrected chi connectivity index (χ2v) is 7.47. The van der Waals surface area contributed by atoms with Gasteiger partial charge in [0, 0.05) is 28.1 Å². The summed E-state index contributed by atoms with van der Waals surface area (Å²) in [4.78, 5) is 2.49. The van der Waals surface area contributed by atoms with Crippen LogP contribution in [0.25, 0.3) is 0 Å². The Morgan fingerprint density at radius 2 is 2.15 bits per heavy atom. The molecule has 1 saturated carbocycles. The topological polar surface area (TPSA) is 15.3 Å². The van der Waals surface area contributed by atoms with Crippen LogP contribution in [0.15, 0.2) is 22.7 Å². The summed E-state index contributed by atoms with van der Waals surface area (Å²) < 4.78 is 1.18. The Hall–Kier alpha value is -0.0900. The molecular formula is C16H22BrClN2. The average molecular weight is 358 g/mol. The Bertz CT molecular complexity index is 476. The molecule has 2 aliphatic rings. The zero-order chi connectivity index (χ0) is 14.1. The van der Waals surface area contributed by atoms with Crippen molar-refractivity contribution >= 4 is 27.5 Å². The van der Waals surface area contributed by atoms with Gasteiger partial charge in [-0.15, -0.1) is 0 Å². The Balaban J connectivity index is 1.82. The fraction of sp³-hybridized carbons (Fsp3) is 0.625. The number of nitrogens with one attached hydrogen (secondary N) is 1. The molecule has 4 heteroatoms. The first-order chi connectivity index (χ1) is 9.65. The van der Waals surface area contributed by atoms with Crippen molar-refractivity contribution in [2.24, 2.45) is 5.92 Å². The molecule has 2 atom stereocenters. The summed E-state index contributed by atoms with van der Waals surface area (Å²) in [6, 6.07) is 7.40. The largest absolute Gasteiger partial charge is 0.314 e. The van der Waals surface area contributed by atoms with Crippen molar-refractivity contribution in [1.29, 1.82) is 0 Å². The van der Waals surface area contributed by atoms with Crippen LogP contribution in [0.1, 0.15) is 37.3 Å². The van der Waals surface area contributed by atoms with Gasteiger partial charge in [-0.1, -0.05) is 27.5 Å². The Kier molecular flexibility index (Phi) is 4.71. The second kappa shape index (κ2) is 6.35. The summed E-state index contributed by atoms with van der Waals surface area (Å²) in [5, 5.41) is 4.54. The van der Waals surface area contributed by atoms with Gasteiger partial charge in [0.15, 0.2) is 0 Å². The van der Waals surface area contributed by atoms with E-state index in [9.17, 15) is 0 Å². The maximum absolute atomic E-state index is 6.21. The molecule has 1 N–H and O–H groups in total. The smallest absolute Gasteiger partial charge is 0.0410 e. The van der Waals surface area contributed by atoms with E-state index in [0.29, 0.717) is 12.0 Å². The summed E-state index contributed by atoms with van der Waals surface area (Å²) in [5.74, 6) is 0.670. The minimum atomic E-state index is 0.461. The molecule has 1 heterocycles. The van der Waals surface area contributed by atoms with Crippen LogP contribution in [0.4, 0.5) is 0 Å². The van der Waals surface area contributed by atoms with Crippen molar-refractivity contribution in [3.05, 3.63) is 33.3 Å². The van der Waals surface area contributed by atoms with Crippen LogP contribution in [0.3, 0.4) is 0 Å². The molecule has 2 unspecified atom stereocenters. The monoisotopic (exact) mass is 356 g/mol. The maximum Gasteiger partial charge on any atom is 0.0410 e. The van der Waals surface area contributed by atoms with E-state index in [-0.39, 0.29) is 0 Å². The first kappa shape index (κ1) is 14.8. The highest BCUT2D eigenvalue weighted by Crippen LogP contribution is 2.39. The van der Waals surface area contributed by atoms with Crippen molar-refractivity contribution in [3.63, 3.8) is 0 Å². The van der Waals surface area contributed by atoms with E-state index in [1.54, 1.807) is 0 Å². The summed E-state index contributed by atoms with van der Waals surface area (Å²) >= 11 is 9.92. The van der Waals surface area contributed by atoms with Crippen LogP contribution in [0, 0.1) is 5.92 Å². The molecule has 1 aromatic carbocycles. The summed E-state index contributed by atoms with van der Waals surface area (Å²) in [5.41, 5.74) is 1.34. The molecule has 0 radical (unpaired) electrons. The fourth-order valence-corrected chi connectivity index (χ4v) is 3.97. The van der Waals surface area contributed by atoms with Gasteiger partial charge in [0.2, 0.25) is 0 Å². The third-order valence-corrected chi connectivity index (χ3v) is 5.49. The number of nitrogens with zero attached hydrogens (tertiary/aromatic N) is 1. The highest BCUT2D eigenvalue weighted by molar-refractivity contribution is 9.10. The fourth-order valence-electron chi connectivity index (χ4n) is 3.31. The van der Waals surface area contributed by atoms with Crippen LogP contribution in [-0.4, -0.2) is 31.1 Å². The van der Waals surface area contributed by atoms with Gasteiger partial charge in [-0.05, 0) is 69.0 Å². The van der Waals surface area contributed by atoms with Crippen molar-refractivity contribution < 1.29 is 0 Å². The predicted octanol–water partition coefficient (Wildman–Crippen LogP) is 4.24. The van der Waals surface area contributed by atoms with Crippen molar-refractivity contribution in [2.45, 2.75) is 37.8 Å². The molecule has 20 heavy (non-hydrogen) atoms. The summed E-state index contributed by atoms with van der Waals surface area (Å²) in [6.45, 7) is 2.29. The highest BCUT2D eigenvalue weighted by atomic mass is 79.9. The Morgan fingerprint density at radius 3 is 2.90 bits per heavy atom. The van der Waals surface area contributed by atoms with E-state index >= 15 is 0 Å². The molecule has 110 valence electrons. The third-order valence-electron chi connectivity index (χ3n) is 4.53. The van der Waals surface area contributed by atoms with Gasteiger partial charge >= 0.3 is 0 Å². The van der Waals surface area contributed by atoms with Gasteiger partial charge in [-0.2, -0.15) is 0 Å². The minimum absolute atomic E-state index is 0.461. The number of benzene rings is 1. The Morgan fingerprint density at radius 1 is 1.35 bits per heavy atom. The lowest BCUT2D eigenvalue weighted by Crippen LogP contribution is -2.41. The van der Waals surface area contributed by atoms with Gasteiger partial charge in [0.05, 0.1) is 0 Å².